The van der Waals surface area contributed by atoms with Gasteiger partial charge in [-0.25, -0.2) is 4.79 Å². The topological polar surface area (TPSA) is 204 Å². The summed E-state index contributed by atoms with van der Waals surface area (Å²) in [5, 5.41) is 55.3. The van der Waals surface area contributed by atoms with Gasteiger partial charge in [-0.1, -0.05) is 18.2 Å². The van der Waals surface area contributed by atoms with Crippen molar-refractivity contribution in [1.82, 2.24) is 4.90 Å². The molecule has 0 radical (unpaired) electrons. The summed E-state index contributed by atoms with van der Waals surface area (Å²) < 4.78 is 16.1. The molecule has 0 aromatic heterocycles. The number of benzene rings is 2. The van der Waals surface area contributed by atoms with E-state index in [-0.39, 0.29) is 12.5 Å². The first kappa shape index (κ1) is 32.2. The highest BCUT2D eigenvalue weighted by atomic mass is 16.7. The Morgan fingerprint density at radius 3 is 2.21 bits per heavy atom. The quantitative estimate of drug-likeness (QED) is 0.208. The minimum atomic E-state index is -2.74. The molecule has 2 aliphatic rings. The molecular formula is C29H35NO12. The summed E-state index contributed by atoms with van der Waals surface area (Å²) in [6.45, 7) is 6.26. The van der Waals surface area contributed by atoms with E-state index in [2.05, 4.69) is 11.5 Å². The van der Waals surface area contributed by atoms with Crippen LogP contribution >= 0.6 is 0 Å². The highest BCUT2D eigenvalue weighted by molar-refractivity contribution is 5.88. The number of aliphatic carboxylic acids is 3. The molecule has 1 fully saturated rings. The van der Waals surface area contributed by atoms with Gasteiger partial charge in [0.05, 0.1) is 25.6 Å². The SMILES string of the molecule is C=CCc1cc(CN2CCC(O)(c3ccc4c(c3)OCO4)CC2)cc(OC)c1O.O=C(O)CC(O)(CC(=O)O)C(=O)O. The van der Waals surface area contributed by atoms with Gasteiger partial charge in [-0.2, -0.15) is 0 Å². The van der Waals surface area contributed by atoms with Crippen LogP contribution in [-0.4, -0.2) is 86.0 Å². The van der Waals surface area contributed by atoms with E-state index in [0.717, 1.165) is 42.1 Å². The Morgan fingerprint density at radius 1 is 1.05 bits per heavy atom. The number of fused-ring (bicyclic) bond motifs is 1. The van der Waals surface area contributed by atoms with E-state index in [1.165, 1.54) is 0 Å². The number of aliphatic hydroxyl groups is 2. The maximum absolute atomic E-state index is 11.2. The number of phenolic OH excluding ortho intramolecular Hbond substituents is 1. The predicted octanol–water partition coefficient (Wildman–Crippen LogP) is 2.09. The molecule has 4 rings (SSSR count). The van der Waals surface area contributed by atoms with E-state index in [1.807, 2.05) is 30.3 Å². The molecule has 0 unspecified atom stereocenters. The van der Waals surface area contributed by atoms with Crippen molar-refractivity contribution < 1.29 is 59.2 Å². The highest BCUT2D eigenvalue weighted by Crippen LogP contribution is 2.40. The van der Waals surface area contributed by atoms with E-state index in [9.17, 15) is 24.6 Å². The van der Waals surface area contributed by atoms with E-state index in [1.54, 1.807) is 13.2 Å². The first-order valence-corrected chi connectivity index (χ1v) is 13.0. The number of hydrogen-bond donors (Lipinski definition) is 6. The molecule has 0 spiro atoms. The number of allylic oxidation sites excluding steroid dienone is 1. The van der Waals surface area contributed by atoms with Crippen molar-refractivity contribution in [2.24, 2.45) is 0 Å². The first-order chi connectivity index (χ1) is 19.8. The molecule has 0 saturated carbocycles. The van der Waals surface area contributed by atoms with Gasteiger partial charge < -0.3 is 44.8 Å². The minimum absolute atomic E-state index is 0.173. The number of phenols is 1. The van der Waals surface area contributed by atoms with Crippen molar-refractivity contribution in [1.29, 1.82) is 0 Å². The van der Waals surface area contributed by atoms with Crippen LogP contribution < -0.4 is 14.2 Å². The fourth-order valence-electron chi connectivity index (χ4n) is 4.81. The van der Waals surface area contributed by atoms with Crippen LogP contribution in [0.5, 0.6) is 23.0 Å². The Labute approximate surface area is 241 Å². The molecule has 13 heteroatoms. The number of carboxylic acids is 3. The number of methoxy groups -OCH3 is 1. The van der Waals surface area contributed by atoms with Gasteiger partial charge in [0.25, 0.3) is 0 Å². The fourth-order valence-corrected chi connectivity index (χ4v) is 4.81. The van der Waals surface area contributed by atoms with Crippen LogP contribution in [0.2, 0.25) is 0 Å². The first-order valence-electron chi connectivity index (χ1n) is 13.0. The summed E-state index contributed by atoms with van der Waals surface area (Å²) in [6.07, 6.45) is 1.34. The van der Waals surface area contributed by atoms with E-state index in [4.69, 9.17) is 34.6 Å². The van der Waals surface area contributed by atoms with Crippen LogP contribution in [0.15, 0.2) is 43.0 Å². The van der Waals surface area contributed by atoms with Crippen LogP contribution in [0.1, 0.15) is 42.4 Å². The summed E-state index contributed by atoms with van der Waals surface area (Å²) in [6, 6.07) is 9.56. The van der Waals surface area contributed by atoms with Crippen LogP contribution in [0.25, 0.3) is 0 Å². The number of carboxylic acid groups (broad SMARTS) is 3. The Balaban J connectivity index is 0.000000316. The molecule has 42 heavy (non-hydrogen) atoms. The lowest BCUT2D eigenvalue weighted by atomic mass is 9.84. The molecule has 13 nitrogen and oxygen atoms in total. The third kappa shape index (κ3) is 7.90. The van der Waals surface area contributed by atoms with Crippen molar-refractivity contribution in [3.8, 4) is 23.0 Å². The molecule has 0 amide bonds. The summed E-state index contributed by atoms with van der Waals surface area (Å²) >= 11 is 0. The van der Waals surface area contributed by atoms with E-state index >= 15 is 0 Å². The number of ether oxygens (including phenoxy) is 3. The number of nitrogens with zero attached hydrogens (tertiary/aromatic N) is 1. The molecule has 0 atom stereocenters. The third-order valence-corrected chi connectivity index (χ3v) is 7.08. The summed E-state index contributed by atoms with van der Waals surface area (Å²) in [5.41, 5.74) is -0.843. The monoisotopic (exact) mass is 589 g/mol. The van der Waals surface area contributed by atoms with Gasteiger partial charge in [0.2, 0.25) is 6.79 Å². The highest BCUT2D eigenvalue weighted by Gasteiger charge is 2.41. The van der Waals surface area contributed by atoms with Gasteiger partial charge in [0, 0.05) is 25.2 Å². The third-order valence-electron chi connectivity index (χ3n) is 7.08. The molecule has 6 N–H and O–H groups in total. The molecule has 2 heterocycles. The normalized spacial score (nSPS) is 15.7. The molecular weight excluding hydrogens is 554 g/mol. The number of rotatable bonds is 11. The van der Waals surface area contributed by atoms with Crippen molar-refractivity contribution in [3.63, 3.8) is 0 Å². The number of likely N-dealkylation sites (tertiary alicyclic amines) is 1. The number of piperidine rings is 1. The summed E-state index contributed by atoms with van der Waals surface area (Å²) in [7, 11) is 1.56. The van der Waals surface area contributed by atoms with Gasteiger partial charge in [0.1, 0.15) is 0 Å². The van der Waals surface area contributed by atoms with Gasteiger partial charge >= 0.3 is 17.9 Å². The molecule has 0 aliphatic carbocycles. The number of carbonyl (C=O) groups is 3. The second-order valence-corrected chi connectivity index (χ2v) is 10.2. The second-order valence-electron chi connectivity index (χ2n) is 10.2. The molecule has 2 aliphatic heterocycles. The maximum Gasteiger partial charge on any atom is 0.336 e. The average Bonchev–Trinajstić information content (AvgIpc) is 3.39. The Morgan fingerprint density at radius 2 is 1.67 bits per heavy atom. The zero-order chi connectivity index (χ0) is 31.1. The fraction of sp³-hybridized carbons (Fsp3) is 0.414. The minimum Gasteiger partial charge on any atom is -0.504 e. The van der Waals surface area contributed by atoms with Crippen LogP contribution in [0.3, 0.4) is 0 Å². The van der Waals surface area contributed by atoms with Crippen molar-refractivity contribution in [2.45, 2.75) is 49.9 Å². The van der Waals surface area contributed by atoms with Gasteiger partial charge in [-0.15, -0.1) is 6.58 Å². The lowest BCUT2D eigenvalue weighted by Crippen LogP contribution is -2.42. The summed E-state index contributed by atoms with van der Waals surface area (Å²) in [4.78, 5) is 32.8. The lowest BCUT2D eigenvalue weighted by molar-refractivity contribution is -0.170. The van der Waals surface area contributed by atoms with E-state index in [0.29, 0.717) is 30.8 Å². The van der Waals surface area contributed by atoms with Gasteiger partial charge in [-0.3, -0.25) is 14.5 Å². The van der Waals surface area contributed by atoms with E-state index < -0.39 is 42.0 Å². The lowest BCUT2D eigenvalue weighted by Gasteiger charge is -2.38. The number of aromatic hydroxyl groups is 1. The zero-order valence-corrected chi connectivity index (χ0v) is 23.1. The second kappa shape index (κ2) is 13.6. The predicted molar refractivity (Wildman–Crippen MR) is 147 cm³/mol. The molecule has 2 aromatic carbocycles. The zero-order valence-electron chi connectivity index (χ0n) is 23.1. The largest absolute Gasteiger partial charge is 0.504 e. The average molecular weight is 590 g/mol. The van der Waals surface area contributed by atoms with Gasteiger partial charge in [0.15, 0.2) is 28.6 Å². The van der Waals surface area contributed by atoms with Gasteiger partial charge in [-0.05, 0) is 48.6 Å². The Bertz CT molecular complexity index is 1300. The number of hydrogen-bond acceptors (Lipinski definition) is 10. The molecule has 228 valence electrons. The van der Waals surface area contributed by atoms with Crippen LogP contribution in [0.4, 0.5) is 0 Å². The standard InChI is InChI=1S/C23H27NO5.C6H8O7/c1-3-4-17-11-16(12-21(27-2)22(17)25)14-24-9-7-23(26,8-10-24)18-5-6-19-20(13-18)29-15-28-19;7-3(8)1-6(13,5(11)12)2-4(9)10/h3,5-6,11-13,25-26H,1,4,7-10,14-15H2,2H3;13H,1-2H2,(H,7,8)(H,9,10)(H,11,12). The van der Waals surface area contributed by atoms with Crippen LogP contribution in [-0.2, 0) is 33.0 Å². The Hall–Kier alpha value is -4.33. The summed E-state index contributed by atoms with van der Waals surface area (Å²) in [5.74, 6) is -2.94. The van der Waals surface area contributed by atoms with Crippen LogP contribution in [0, 0.1) is 0 Å². The molecule has 2 aromatic rings. The smallest absolute Gasteiger partial charge is 0.336 e. The maximum atomic E-state index is 11.2. The Kier molecular flexibility index (Phi) is 10.4. The van der Waals surface area contributed by atoms with Crippen molar-refractivity contribution in [2.75, 3.05) is 27.0 Å². The van der Waals surface area contributed by atoms with Crippen molar-refractivity contribution in [3.05, 3.63) is 59.7 Å². The molecule has 0 bridgehead atoms. The molecule has 1 saturated heterocycles. The van der Waals surface area contributed by atoms with Crippen molar-refractivity contribution >= 4 is 17.9 Å².